The molecule has 3 heteroatoms. The van der Waals surface area contributed by atoms with Gasteiger partial charge in [0.05, 0.1) is 13.2 Å². The topological polar surface area (TPSA) is 30.5 Å². The molecule has 1 heterocycles. The summed E-state index contributed by atoms with van der Waals surface area (Å²) in [5.74, 6) is 1.59. The van der Waals surface area contributed by atoms with E-state index in [9.17, 15) is 0 Å². The molecule has 0 spiro atoms. The molecule has 1 unspecified atom stereocenters. The third-order valence-corrected chi connectivity index (χ3v) is 2.78. The van der Waals surface area contributed by atoms with Crippen LogP contribution >= 0.6 is 0 Å². The summed E-state index contributed by atoms with van der Waals surface area (Å²) < 4.78 is 10.7. The van der Waals surface area contributed by atoms with Gasteiger partial charge in [0.2, 0.25) is 0 Å². The minimum absolute atomic E-state index is 0.659. The van der Waals surface area contributed by atoms with Crippen molar-refractivity contribution >= 4 is 5.69 Å². The first-order valence-electron chi connectivity index (χ1n) is 5.93. The number of nitrogens with one attached hydrogen (secondary N) is 1. The average molecular weight is 221 g/mol. The van der Waals surface area contributed by atoms with E-state index in [0.717, 1.165) is 31.2 Å². The Morgan fingerprint density at radius 1 is 1.38 bits per heavy atom. The third kappa shape index (κ3) is 3.14. The summed E-state index contributed by atoms with van der Waals surface area (Å²) in [4.78, 5) is 0. The van der Waals surface area contributed by atoms with Crippen molar-refractivity contribution in [2.45, 2.75) is 13.3 Å². The zero-order valence-electron chi connectivity index (χ0n) is 9.74. The number of hydrogen-bond acceptors (Lipinski definition) is 3. The Kier molecular flexibility index (Phi) is 4.05. The third-order valence-electron chi connectivity index (χ3n) is 2.78. The lowest BCUT2D eigenvalue weighted by molar-refractivity contribution is 0.187. The number of ether oxygens (including phenoxy) is 2. The van der Waals surface area contributed by atoms with Crippen molar-refractivity contribution in [2.24, 2.45) is 5.92 Å². The van der Waals surface area contributed by atoms with Gasteiger partial charge in [-0.25, -0.2) is 0 Å². The van der Waals surface area contributed by atoms with Crippen LogP contribution in [0.2, 0.25) is 0 Å². The van der Waals surface area contributed by atoms with Crippen molar-refractivity contribution in [3.63, 3.8) is 0 Å². The quantitative estimate of drug-likeness (QED) is 0.828. The van der Waals surface area contributed by atoms with Crippen molar-refractivity contribution in [3.8, 4) is 5.75 Å². The van der Waals surface area contributed by atoms with E-state index in [4.69, 9.17) is 9.47 Å². The van der Waals surface area contributed by atoms with Crippen LogP contribution in [-0.2, 0) is 4.74 Å². The van der Waals surface area contributed by atoms with Gasteiger partial charge in [0.25, 0.3) is 0 Å². The van der Waals surface area contributed by atoms with Gasteiger partial charge >= 0.3 is 0 Å². The summed E-state index contributed by atoms with van der Waals surface area (Å²) in [6.07, 6.45) is 1.17. The predicted molar refractivity (Wildman–Crippen MR) is 65.0 cm³/mol. The molecule has 0 saturated carbocycles. The Bertz CT molecular complexity index is 304. The van der Waals surface area contributed by atoms with Crippen molar-refractivity contribution in [3.05, 3.63) is 24.3 Å². The first-order valence-corrected chi connectivity index (χ1v) is 5.93. The molecule has 88 valence electrons. The second-order valence-corrected chi connectivity index (χ2v) is 4.07. The molecule has 0 amide bonds. The highest BCUT2D eigenvalue weighted by molar-refractivity contribution is 5.46. The molecule has 0 radical (unpaired) electrons. The first-order chi connectivity index (χ1) is 7.88. The highest BCUT2D eigenvalue weighted by Crippen LogP contribution is 2.17. The van der Waals surface area contributed by atoms with Crippen LogP contribution in [0.15, 0.2) is 24.3 Å². The van der Waals surface area contributed by atoms with Crippen LogP contribution in [0.25, 0.3) is 0 Å². The van der Waals surface area contributed by atoms with Crippen molar-refractivity contribution < 1.29 is 9.47 Å². The highest BCUT2D eigenvalue weighted by atomic mass is 16.5. The van der Waals surface area contributed by atoms with Crippen LogP contribution in [0, 0.1) is 5.92 Å². The summed E-state index contributed by atoms with van der Waals surface area (Å²) in [7, 11) is 0. The molecule has 1 aromatic rings. The maximum absolute atomic E-state index is 5.39. The number of rotatable bonds is 5. The fraction of sp³-hybridized carbons (Fsp3) is 0.538. The van der Waals surface area contributed by atoms with Crippen molar-refractivity contribution in [1.29, 1.82) is 0 Å². The molecule has 1 saturated heterocycles. The molecule has 3 nitrogen and oxygen atoms in total. The van der Waals surface area contributed by atoms with Gasteiger partial charge in [-0.2, -0.15) is 0 Å². The SMILES string of the molecule is CCOc1ccc(NCC2CCOC2)cc1. The van der Waals surface area contributed by atoms with Gasteiger partial charge in [0, 0.05) is 24.8 Å². The molecule has 16 heavy (non-hydrogen) atoms. The Labute approximate surface area is 96.8 Å². The molecule has 1 N–H and O–H groups in total. The van der Waals surface area contributed by atoms with E-state index in [0.29, 0.717) is 12.5 Å². The maximum atomic E-state index is 5.39. The molecular weight excluding hydrogens is 202 g/mol. The molecule has 1 fully saturated rings. The molecule has 2 rings (SSSR count). The van der Waals surface area contributed by atoms with Gasteiger partial charge < -0.3 is 14.8 Å². The lowest BCUT2D eigenvalue weighted by Gasteiger charge is -2.11. The standard InChI is InChI=1S/C13H19NO2/c1-2-16-13-5-3-12(4-6-13)14-9-11-7-8-15-10-11/h3-6,11,14H,2,7-10H2,1H3. The number of hydrogen-bond donors (Lipinski definition) is 1. The molecule has 1 aromatic carbocycles. The Morgan fingerprint density at radius 2 is 2.19 bits per heavy atom. The Hall–Kier alpha value is -1.22. The summed E-state index contributed by atoms with van der Waals surface area (Å²) >= 11 is 0. The zero-order valence-corrected chi connectivity index (χ0v) is 9.74. The van der Waals surface area contributed by atoms with Crippen molar-refractivity contribution in [1.82, 2.24) is 0 Å². The Balaban J connectivity index is 1.80. The fourth-order valence-corrected chi connectivity index (χ4v) is 1.84. The summed E-state index contributed by atoms with van der Waals surface area (Å²) in [6, 6.07) is 8.11. The van der Waals surface area contributed by atoms with Gasteiger partial charge in [-0.05, 0) is 37.6 Å². The largest absolute Gasteiger partial charge is 0.494 e. The van der Waals surface area contributed by atoms with Crippen LogP contribution in [0.4, 0.5) is 5.69 Å². The normalized spacial score (nSPS) is 19.7. The van der Waals surface area contributed by atoms with Gasteiger partial charge in [-0.1, -0.05) is 0 Å². The van der Waals surface area contributed by atoms with E-state index in [1.807, 2.05) is 19.1 Å². The van der Waals surface area contributed by atoms with Gasteiger partial charge in [0.1, 0.15) is 5.75 Å². The van der Waals surface area contributed by atoms with Crippen LogP contribution in [0.5, 0.6) is 5.75 Å². The molecule has 0 aliphatic carbocycles. The van der Waals surface area contributed by atoms with E-state index in [-0.39, 0.29) is 0 Å². The van der Waals surface area contributed by atoms with Gasteiger partial charge in [0.15, 0.2) is 0 Å². The van der Waals surface area contributed by atoms with E-state index >= 15 is 0 Å². The second-order valence-electron chi connectivity index (χ2n) is 4.07. The second kappa shape index (κ2) is 5.75. The van der Waals surface area contributed by atoms with Crippen molar-refractivity contribution in [2.75, 3.05) is 31.7 Å². The lowest BCUT2D eigenvalue weighted by Crippen LogP contribution is -2.13. The first kappa shape index (κ1) is 11.3. The van der Waals surface area contributed by atoms with Gasteiger partial charge in [-0.3, -0.25) is 0 Å². The zero-order chi connectivity index (χ0) is 11.2. The van der Waals surface area contributed by atoms with Crippen LogP contribution < -0.4 is 10.1 Å². The fourth-order valence-electron chi connectivity index (χ4n) is 1.84. The molecule has 1 atom stereocenters. The molecule has 1 aliphatic rings. The monoisotopic (exact) mass is 221 g/mol. The number of anilines is 1. The average Bonchev–Trinajstić information content (AvgIpc) is 2.82. The lowest BCUT2D eigenvalue weighted by atomic mass is 10.1. The Morgan fingerprint density at radius 3 is 2.81 bits per heavy atom. The minimum atomic E-state index is 0.659. The predicted octanol–water partition coefficient (Wildman–Crippen LogP) is 2.53. The van der Waals surface area contributed by atoms with Crippen LogP contribution in [0.1, 0.15) is 13.3 Å². The summed E-state index contributed by atoms with van der Waals surface area (Å²) in [5.41, 5.74) is 1.15. The molecular formula is C13H19NO2. The van der Waals surface area contributed by atoms with Crippen LogP contribution in [-0.4, -0.2) is 26.4 Å². The van der Waals surface area contributed by atoms with Crippen LogP contribution in [0.3, 0.4) is 0 Å². The minimum Gasteiger partial charge on any atom is -0.494 e. The maximum Gasteiger partial charge on any atom is 0.119 e. The van der Waals surface area contributed by atoms with Gasteiger partial charge in [-0.15, -0.1) is 0 Å². The molecule has 0 bridgehead atoms. The van der Waals surface area contributed by atoms with E-state index in [1.54, 1.807) is 0 Å². The summed E-state index contributed by atoms with van der Waals surface area (Å²) in [6.45, 7) is 5.51. The van der Waals surface area contributed by atoms with E-state index in [2.05, 4.69) is 17.4 Å². The highest BCUT2D eigenvalue weighted by Gasteiger charge is 2.14. The number of benzene rings is 1. The molecule has 1 aliphatic heterocycles. The summed E-state index contributed by atoms with van der Waals surface area (Å²) in [5, 5.41) is 3.42. The molecule has 0 aromatic heterocycles. The van der Waals surface area contributed by atoms with E-state index < -0.39 is 0 Å². The smallest absolute Gasteiger partial charge is 0.119 e. The van der Waals surface area contributed by atoms with E-state index in [1.165, 1.54) is 6.42 Å².